The molecule has 1 aliphatic rings. The number of nitrogens with one attached hydrogen (secondary N) is 1. The van der Waals surface area contributed by atoms with E-state index in [1.165, 1.54) is 16.7 Å². The van der Waals surface area contributed by atoms with Crippen LogP contribution in [-0.4, -0.2) is 16.3 Å². The number of fused-ring (bicyclic) bond motifs is 1. The molecule has 2 aromatic rings. The Hall–Kier alpha value is -1.29. The van der Waals surface area contributed by atoms with Gasteiger partial charge in [0.15, 0.2) is 0 Å². The molecule has 0 amide bonds. The molecule has 1 aliphatic heterocycles. The fourth-order valence-electron chi connectivity index (χ4n) is 3.03. The van der Waals surface area contributed by atoms with Crippen LogP contribution >= 0.6 is 15.9 Å². The van der Waals surface area contributed by atoms with Crippen molar-refractivity contribution >= 4 is 21.7 Å². The average molecular weight is 334 g/mol. The normalized spacial score (nSPS) is 17.7. The number of anilines is 1. The second-order valence-corrected chi connectivity index (χ2v) is 6.35. The predicted octanol–water partition coefficient (Wildman–Crippen LogP) is 4.23. The summed E-state index contributed by atoms with van der Waals surface area (Å²) in [5.74, 6) is 1.12. The van der Waals surface area contributed by atoms with E-state index in [1.54, 1.807) is 0 Å². The van der Waals surface area contributed by atoms with E-state index in [0.717, 1.165) is 35.4 Å². The summed E-state index contributed by atoms with van der Waals surface area (Å²) >= 11 is 3.68. The van der Waals surface area contributed by atoms with Crippen LogP contribution in [0.3, 0.4) is 0 Å². The van der Waals surface area contributed by atoms with Crippen molar-refractivity contribution in [3.05, 3.63) is 45.1 Å². The van der Waals surface area contributed by atoms with Gasteiger partial charge in [0.25, 0.3) is 0 Å². The van der Waals surface area contributed by atoms with Gasteiger partial charge in [-0.15, -0.1) is 0 Å². The van der Waals surface area contributed by atoms with Crippen LogP contribution < -0.4 is 5.32 Å². The van der Waals surface area contributed by atoms with Crippen molar-refractivity contribution in [2.24, 2.45) is 0 Å². The van der Waals surface area contributed by atoms with Gasteiger partial charge in [0.1, 0.15) is 5.82 Å². The van der Waals surface area contributed by atoms with Crippen molar-refractivity contribution in [1.82, 2.24) is 9.78 Å². The summed E-state index contributed by atoms with van der Waals surface area (Å²) in [6, 6.07) is 7.13. The Morgan fingerprint density at radius 1 is 1.30 bits per heavy atom. The zero-order valence-corrected chi connectivity index (χ0v) is 13.8. The molecular weight excluding hydrogens is 314 g/mol. The third-order valence-electron chi connectivity index (χ3n) is 3.89. The molecule has 0 bridgehead atoms. The zero-order chi connectivity index (χ0) is 14.3. The highest BCUT2D eigenvalue weighted by atomic mass is 79.9. The first-order chi connectivity index (χ1) is 9.60. The first-order valence-electron chi connectivity index (χ1n) is 7.19. The summed E-state index contributed by atoms with van der Waals surface area (Å²) in [6.07, 6.45) is 2.02. The SMILES string of the molecule is CCc1nn2c(c1Br)NCCC2c1cc(C)cc(C)c1. The molecule has 0 aliphatic carbocycles. The van der Waals surface area contributed by atoms with E-state index in [0.29, 0.717) is 6.04 Å². The number of hydrogen-bond acceptors (Lipinski definition) is 2. The van der Waals surface area contributed by atoms with Gasteiger partial charge < -0.3 is 5.32 Å². The molecule has 4 heteroatoms. The Labute approximate surface area is 128 Å². The maximum absolute atomic E-state index is 4.79. The lowest BCUT2D eigenvalue weighted by molar-refractivity contribution is 0.478. The first-order valence-corrected chi connectivity index (χ1v) is 7.98. The number of hydrogen-bond donors (Lipinski definition) is 1. The molecule has 3 nitrogen and oxygen atoms in total. The summed E-state index contributed by atoms with van der Waals surface area (Å²) in [4.78, 5) is 0. The summed E-state index contributed by atoms with van der Waals surface area (Å²) < 4.78 is 3.27. The molecule has 3 rings (SSSR count). The number of rotatable bonds is 2. The number of nitrogens with zero attached hydrogens (tertiary/aromatic N) is 2. The molecule has 0 radical (unpaired) electrons. The van der Waals surface area contributed by atoms with Gasteiger partial charge in [0.2, 0.25) is 0 Å². The van der Waals surface area contributed by atoms with Crippen LogP contribution in [0.4, 0.5) is 5.82 Å². The Morgan fingerprint density at radius 2 is 2.00 bits per heavy atom. The van der Waals surface area contributed by atoms with Crippen molar-refractivity contribution in [3.8, 4) is 0 Å². The highest BCUT2D eigenvalue weighted by molar-refractivity contribution is 9.10. The fraction of sp³-hybridized carbons (Fsp3) is 0.438. The first kappa shape index (κ1) is 13.7. The van der Waals surface area contributed by atoms with Crippen molar-refractivity contribution in [3.63, 3.8) is 0 Å². The Bertz CT molecular complexity index is 625. The highest BCUT2D eigenvalue weighted by Crippen LogP contribution is 2.36. The van der Waals surface area contributed by atoms with Crippen LogP contribution in [0.15, 0.2) is 22.7 Å². The van der Waals surface area contributed by atoms with Gasteiger partial charge in [0.05, 0.1) is 16.2 Å². The van der Waals surface area contributed by atoms with Crippen LogP contribution in [-0.2, 0) is 6.42 Å². The van der Waals surface area contributed by atoms with Gasteiger partial charge in [-0.25, -0.2) is 4.68 Å². The Balaban J connectivity index is 2.09. The van der Waals surface area contributed by atoms with Gasteiger partial charge >= 0.3 is 0 Å². The minimum Gasteiger partial charge on any atom is -0.369 e. The van der Waals surface area contributed by atoms with E-state index in [9.17, 15) is 0 Å². The molecule has 20 heavy (non-hydrogen) atoms. The Morgan fingerprint density at radius 3 is 2.65 bits per heavy atom. The third-order valence-corrected chi connectivity index (χ3v) is 4.72. The molecular formula is C16H20BrN3. The minimum absolute atomic E-state index is 0.335. The number of aryl methyl sites for hydroxylation is 3. The second kappa shape index (κ2) is 5.24. The molecule has 1 atom stereocenters. The molecule has 1 N–H and O–H groups in total. The van der Waals surface area contributed by atoms with Gasteiger partial charge in [0, 0.05) is 6.54 Å². The second-order valence-electron chi connectivity index (χ2n) is 5.56. The molecule has 0 fully saturated rings. The van der Waals surface area contributed by atoms with Crippen LogP contribution in [0.25, 0.3) is 0 Å². The van der Waals surface area contributed by atoms with Crippen LogP contribution in [0, 0.1) is 13.8 Å². The number of halogens is 1. The van der Waals surface area contributed by atoms with Crippen molar-refractivity contribution in [1.29, 1.82) is 0 Å². The quantitative estimate of drug-likeness (QED) is 0.891. The lowest BCUT2D eigenvalue weighted by Gasteiger charge is -2.26. The van der Waals surface area contributed by atoms with E-state index in [-0.39, 0.29) is 0 Å². The number of aromatic nitrogens is 2. The molecule has 1 unspecified atom stereocenters. The molecule has 106 valence electrons. The van der Waals surface area contributed by atoms with Crippen LogP contribution in [0.1, 0.15) is 41.8 Å². The standard InChI is InChI=1S/C16H20BrN3/c1-4-13-15(17)16-18-6-5-14(20(16)19-13)12-8-10(2)7-11(3)9-12/h7-9,14,18H,4-6H2,1-3H3. The van der Waals surface area contributed by atoms with Crippen LogP contribution in [0.2, 0.25) is 0 Å². The third kappa shape index (κ3) is 2.26. The van der Waals surface area contributed by atoms with E-state index >= 15 is 0 Å². The largest absolute Gasteiger partial charge is 0.369 e. The van der Waals surface area contributed by atoms with Crippen LogP contribution in [0.5, 0.6) is 0 Å². The molecule has 0 saturated carbocycles. The Kier molecular flexibility index (Phi) is 3.59. The highest BCUT2D eigenvalue weighted by Gasteiger charge is 2.26. The van der Waals surface area contributed by atoms with Gasteiger partial charge in [-0.3, -0.25) is 0 Å². The van der Waals surface area contributed by atoms with Gasteiger partial charge in [-0.1, -0.05) is 36.2 Å². The molecule has 1 aromatic carbocycles. The maximum Gasteiger partial charge on any atom is 0.139 e. The minimum atomic E-state index is 0.335. The summed E-state index contributed by atoms with van der Waals surface area (Å²) in [6.45, 7) is 7.46. The lowest BCUT2D eigenvalue weighted by Crippen LogP contribution is -2.24. The summed E-state index contributed by atoms with van der Waals surface area (Å²) in [5.41, 5.74) is 5.13. The van der Waals surface area contributed by atoms with Gasteiger partial charge in [-0.05, 0) is 48.2 Å². The fourth-order valence-corrected chi connectivity index (χ4v) is 3.71. The van der Waals surface area contributed by atoms with Crippen molar-refractivity contribution in [2.75, 3.05) is 11.9 Å². The summed E-state index contributed by atoms with van der Waals surface area (Å²) in [7, 11) is 0. The topological polar surface area (TPSA) is 29.9 Å². The van der Waals surface area contributed by atoms with E-state index in [1.807, 2.05) is 0 Å². The molecule has 0 saturated heterocycles. The van der Waals surface area contributed by atoms with E-state index < -0.39 is 0 Å². The zero-order valence-electron chi connectivity index (χ0n) is 12.2. The van der Waals surface area contributed by atoms with E-state index in [2.05, 4.69) is 64.9 Å². The molecule has 1 aromatic heterocycles. The van der Waals surface area contributed by atoms with E-state index in [4.69, 9.17) is 5.10 Å². The van der Waals surface area contributed by atoms with Gasteiger partial charge in [-0.2, -0.15) is 5.10 Å². The number of benzene rings is 1. The van der Waals surface area contributed by atoms with Crippen molar-refractivity contribution in [2.45, 2.75) is 39.7 Å². The monoisotopic (exact) mass is 333 g/mol. The molecule has 2 heterocycles. The average Bonchev–Trinajstić information content (AvgIpc) is 2.74. The lowest BCUT2D eigenvalue weighted by atomic mass is 9.98. The van der Waals surface area contributed by atoms with Crippen molar-refractivity contribution < 1.29 is 0 Å². The molecule has 0 spiro atoms. The summed E-state index contributed by atoms with van der Waals surface area (Å²) in [5, 5.41) is 8.26. The maximum atomic E-state index is 4.79. The smallest absolute Gasteiger partial charge is 0.139 e. The predicted molar refractivity (Wildman–Crippen MR) is 86.5 cm³/mol.